The Labute approximate surface area is 161 Å². The van der Waals surface area contributed by atoms with Crippen LogP contribution in [0.5, 0.6) is 0 Å². The van der Waals surface area contributed by atoms with E-state index >= 15 is 0 Å². The van der Waals surface area contributed by atoms with E-state index in [-0.39, 0.29) is 34.3 Å². The topological polar surface area (TPSA) is 99.6 Å². The number of hydrogen-bond donors (Lipinski definition) is 1. The van der Waals surface area contributed by atoms with Crippen molar-refractivity contribution in [2.45, 2.75) is 27.0 Å². The highest BCUT2D eigenvalue weighted by Gasteiger charge is 2.22. The Morgan fingerprint density at radius 3 is 2.37 bits per heavy atom. The fourth-order valence-electron chi connectivity index (χ4n) is 2.40. The SMILES string of the molecule is CCOP(OC)OCn1c(C(=O)c2ccccc2)c(CC)c(=O)[nH]c1=O.P. The molecule has 0 spiro atoms. The van der Waals surface area contributed by atoms with Crippen LogP contribution in [0.15, 0.2) is 39.9 Å². The van der Waals surface area contributed by atoms with Crippen LogP contribution < -0.4 is 11.2 Å². The lowest BCUT2D eigenvalue weighted by Crippen LogP contribution is -2.37. The molecule has 0 bridgehead atoms. The van der Waals surface area contributed by atoms with E-state index in [1.807, 2.05) is 0 Å². The van der Waals surface area contributed by atoms with Crippen LogP contribution in [-0.2, 0) is 26.7 Å². The third-order valence-corrected chi connectivity index (χ3v) is 4.67. The van der Waals surface area contributed by atoms with Gasteiger partial charge in [0.05, 0.1) is 6.61 Å². The van der Waals surface area contributed by atoms with Crippen molar-refractivity contribution >= 4 is 24.3 Å². The first-order chi connectivity index (χ1) is 12.5. The molecule has 1 aromatic heterocycles. The molecule has 0 fully saturated rings. The van der Waals surface area contributed by atoms with Gasteiger partial charge in [0.15, 0.2) is 0 Å². The molecule has 148 valence electrons. The van der Waals surface area contributed by atoms with E-state index in [1.54, 1.807) is 44.2 Å². The zero-order valence-corrected chi connectivity index (χ0v) is 17.9. The number of ketones is 1. The van der Waals surface area contributed by atoms with Crippen LogP contribution in [0.4, 0.5) is 0 Å². The number of carbonyl (C=O) groups is 1. The van der Waals surface area contributed by atoms with E-state index < -0.39 is 25.6 Å². The summed E-state index contributed by atoms with van der Waals surface area (Å²) in [7, 11) is -0.244. The van der Waals surface area contributed by atoms with Crippen LogP contribution >= 0.6 is 18.5 Å². The monoisotopic (exact) mass is 414 g/mol. The maximum absolute atomic E-state index is 13.0. The quantitative estimate of drug-likeness (QED) is 0.499. The molecule has 27 heavy (non-hydrogen) atoms. The van der Waals surface area contributed by atoms with Gasteiger partial charge in [-0.1, -0.05) is 37.3 Å². The lowest BCUT2D eigenvalue weighted by Gasteiger charge is -2.17. The minimum atomic E-state index is -1.67. The van der Waals surface area contributed by atoms with Crippen LogP contribution in [0.1, 0.15) is 35.5 Å². The summed E-state index contributed by atoms with van der Waals surface area (Å²) < 4.78 is 16.9. The predicted molar refractivity (Wildman–Crippen MR) is 108 cm³/mol. The Hall–Kier alpha value is -1.69. The van der Waals surface area contributed by atoms with E-state index in [9.17, 15) is 14.4 Å². The second kappa shape index (κ2) is 11.2. The fourth-order valence-corrected chi connectivity index (χ4v) is 3.11. The third-order valence-electron chi connectivity index (χ3n) is 3.58. The van der Waals surface area contributed by atoms with Gasteiger partial charge in [0.25, 0.3) is 5.56 Å². The second-order valence-corrected chi connectivity index (χ2v) is 6.47. The summed E-state index contributed by atoms with van der Waals surface area (Å²) >= 11 is 0. The zero-order valence-electron chi connectivity index (χ0n) is 15.6. The standard InChI is InChI=1S/C17H21N2O6P.H3P/c1-4-13-14(15(20)12-9-7-6-8-10-12)19(17(22)18-16(13)21)11-25-26(23-3)24-5-2;/h6-10H,4-5,11H2,1-3H3,(H,18,21,22);1H3. The smallest absolute Gasteiger partial charge is 0.316 e. The van der Waals surface area contributed by atoms with Crippen molar-refractivity contribution in [3.05, 3.63) is 68.0 Å². The van der Waals surface area contributed by atoms with Gasteiger partial charge in [-0.2, -0.15) is 9.90 Å². The van der Waals surface area contributed by atoms with Crippen LogP contribution in [0.2, 0.25) is 0 Å². The van der Waals surface area contributed by atoms with Crippen molar-refractivity contribution in [3.8, 4) is 0 Å². The van der Waals surface area contributed by atoms with Crippen molar-refractivity contribution in [1.82, 2.24) is 9.55 Å². The van der Waals surface area contributed by atoms with Gasteiger partial charge in [0.1, 0.15) is 12.4 Å². The summed E-state index contributed by atoms with van der Waals surface area (Å²) in [5.41, 5.74) is -0.698. The molecule has 0 radical (unpaired) electrons. The zero-order chi connectivity index (χ0) is 19.1. The molecule has 2 aromatic rings. The third kappa shape index (κ3) is 5.64. The number of carbonyl (C=O) groups excluding carboxylic acids is 1. The Balaban J connectivity index is 0.00000364. The predicted octanol–water partition coefficient (Wildman–Crippen LogP) is 2.27. The highest BCUT2D eigenvalue weighted by molar-refractivity contribution is 7.41. The summed E-state index contributed by atoms with van der Waals surface area (Å²) in [6, 6.07) is 8.45. The molecular weight excluding hydrogens is 390 g/mol. The molecule has 0 aliphatic heterocycles. The van der Waals surface area contributed by atoms with Gasteiger partial charge in [-0.05, 0) is 13.3 Å². The van der Waals surface area contributed by atoms with E-state index in [1.165, 1.54) is 7.11 Å². The molecule has 0 aliphatic carbocycles. The van der Waals surface area contributed by atoms with Gasteiger partial charge in [0.2, 0.25) is 5.78 Å². The second-order valence-electron chi connectivity index (χ2n) is 5.15. The Morgan fingerprint density at radius 2 is 1.81 bits per heavy atom. The number of hydrogen-bond acceptors (Lipinski definition) is 6. The maximum Gasteiger partial charge on any atom is 0.334 e. The first kappa shape index (κ1) is 23.3. The van der Waals surface area contributed by atoms with E-state index in [2.05, 4.69) is 4.98 Å². The summed E-state index contributed by atoms with van der Waals surface area (Å²) in [5, 5.41) is 0. The Bertz CT molecular complexity index is 866. The minimum Gasteiger partial charge on any atom is -0.316 e. The van der Waals surface area contributed by atoms with Crippen molar-refractivity contribution in [1.29, 1.82) is 0 Å². The molecule has 0 saturated heterocycles. The van der Waals surface area contributed by atoms with Crippen molar-refractivity contribution in [3.63, 3.8) is 0 Å². The number of H-pyrrole nitrogens is 1. The lowest BCUT2D eigenvalue weighted by molar-refractivity contribution is 0.100. The molecule has 10 heteroatoms. The molecular formula is C17H24N2O6P2. The number of nitrogens with one attached hydrogen (secondary N) is 1. The molecule has 1 aromatic carbocycles. The fraction of sp³-hybridized carbons (Fsp3) is 0.353. The summed E-state index contributed by atoms with van der Waals surface area (Å²) in [6.07, 6.45) is 0.286. The van der Waals surface area contributed by atoms with Gasteiger partial charge in [-0.3, -0.25) is 23.7 Å². The molecule has 1 N–H and O–H groups in total. The first-order valence-electron chi connectivity index (χ1n) is 8.09. The van der Waals surface area contributed by atoms with Gasteiger partial charge in [0, 0.05) is 18.2 Å². The van der Waals surface area contributed by atoms with E-state index in [0.29, 0.717) is 12.2 Å². The number of benzene rings is 1. The van der Waals surface area contributed by atoms with Crippen molar-refractivity contribution < 1.29 is 18.4 Å². The van der Waals surface area contributed by atoms with Crippen LogP contribution in [0, 0.1) is 0 Å². The van der Waals surface area contributed by atoms with Crippen molar-refractivity contribution in [2.75, 3.05) is 13.7 Å². The van der Waals surface area contributed by atoms with Gasteiger partial charge >= 0.3 is 14.3 Å². The molecule has 0 amide bonds. The molecule has 0 aliphatic rings. The van der Waals surface area contributed by atoms with Gasteiger partial charge < -0.3 is 9.05 Å². The van der Waals surface area contributed by atoms with Gasteiger partial charge in [-0.15, -0.1) is 0 Å². The summed E-state index contributed by atoms with van der Waals surface area (Å²) in [5.74, 6) is -0.424. The normalized spacial score (nSPS) is 11.7. The molecule has 8 nitrogen and oxygen atoms in total. The number of aromatic amines is 1. The molecule has 1 heterocycles. The number of nitrogens with zero attached hydrogens (tertiary/aromatic N) is 1. The Kier molecular flexibility index (Phi) is 9.70. The minimum absolute atomic E-state index is 0. The maximum atomic E-state index is 13.0. The van der Waals surface area contributed by atoms with E-state index in [4.69, 9.17) is 13.6 Å². The molecule has 0 saturated carbocycles. The highest BCUT2D eigenvalue weighted by Crippen LogP contribution is 2.38. The van der Waals surface area contributed by atoms with Crippen LogP contribution in [0.3, 0.4) is 0 Å². The average Bonchev–Trinajstić information content (AvgIpc) is 2.65. The highest BCUT2D eigenvalue weighted by atomic mass is 31.2. The first-order valence-corrected chi connectivity index (χ1v) is 9.18. The molecule has 2 unspecified atom stereocenters. The van der Waals surface area contributed by atoms with Crippen LogP contribution in [0.25, 0.3) is 0 Å². The Morgan fingerprint density at radius 1 is 1.15 bits per heavy atom. The van der Waals surface area contributed by atoms with Crippen molar-refractivity contribution in [2.24, 2.45) is 0 Å². The van der Waals surface area contributed by atoms with Crippen LogP contribution in [-0.4, -0.2) is 29.1 Å². The average molecular weight is 414 g/mol. The van der Waals surface area contributed by atoms with E-state index in [0.717, 1.165) is 4.57 Å². The summed E-state index contributed by atoms with van der Waals surface area (Å²) in [4.78, 5) is 39.7. The molecule has 2 rings (SSSR count). The summed E-state index contributed by atoms with van der Waals surface area (Å²) in [6.45, 7) is 3.61. The lowest BCUT2D eigenvalue weighted by atomic mass is 10.0. The molecule has 2 atom stereocenters. The number of aromatic nitrogens is 2. The van der Waals surface area contributed by atoms with Gasteiger partial charge in [-0.25, -0.2) is 4.79 Å². The number of rotatable bonds is 9. The largest absolute Gasteiger partial charge is 0.334 e.